The molecule has 6 nitrogen and oxygen atoms in total. The summed E-state index contributed by atoms with van der Waals surface area (Å²) in [4.78, 5) is 24.3. The Morgan fingerprint density at radius 1 is 1.16 bits per heavy atom. The van der Waals surface area contributed by atoms with Crippen LogP contribution < -0.4 is 10.1 Å². The number of anilines is 1. The van der Waals surface area contributed by atoms with E-state index in [4.69, 9.17) is 32.7 Å². The Kier molecular flexibility index (Phi) is 6.12. The first-order valence-electron chi connectivity index (χ1n) is 7.15. The van der Waals surface area contributed by atoms with Gasteiger partial charge >= 0.3 is 5.97 Å². The minimum absolute atomic E-state index is 0.0822. The molecule has 2 aromatic rings. The lowest BCUT2D eigenvalue weighted by atomic mass is 10.2. The van der Waals surface area contributed by atoms with Gasteiger partial charge in [0.25, 0.3) is 5.91 Å². The van der Waals surface area contributed by atoms with Gasteiger partial charge in [-0.1, -0.05) is 23.2 Å². The molecular formula is C17H15Cl2NO5. The molecule has 0 aromatic heterocycles. The van der Waals surface area contributed by atoms with Gasteiger partial charge in [-0.25, -0.2) is 4.79 Å². The standard InChI is InChI=1S/C17H15Cl2NO5/c1-9(16(22)20-14-7-10(18)3-6-13(14)19)25-17(23)12-5-4-11(24-2)8-15(12)21/h3-9,21H,1-2H3,(H,20,22)/t9-/m1/s1. The Morgan fingerprint density at radius 2 is 1.88 bits per heavy atom. The summed E-state index contributed by atoms with van der Waals surface area (Å²) in [5.41, 5.74) is 0.218. The average molecular weight is 384 g/mol. The normalized spacial score (nSPS) is 11.5. The van der Waals surface area contributed by atoms with Crippen molar-refractivity contribution in [3.05, 3.63) is 52.0 Å². The van der Waals surface area contributed by atoms with Crippen LogP contribution in [0.15, 0.2) is 36.4 Å². The maximum absolute atomic E-state index is 12.2. The number of hydrogen-bond donors (Lipinski definition) is 2. The summed E-state index contributed by atoms with van der Waals surface area (Å²) < 4.78 is 10.0. The fraction of sp³-hybridized carbons (Fsp3) is 0.176. The maximum Gasteiger partial charge on any atom is 0.342 e. The van der Waals surface area contributed by atoms with Gasteiger partial charge in [-0.05, 0) is 37.3 Å². The van der Waals surface area contributed by atoms with E-state index in [9.17, 15) is 14.7 Å². The molecule has 1 amide bonds. The molecule has 132 valence electrons. The Bertz CT molecular complexity index is 810. The van der Waals surface area contributed by atoms with Crippen LogP contribution in [-0.2, 0) is 9.53 Å². The Hall–Kier alpha value is -2.44. The van der Waals surface area contributed by atoms with Crippen LogP contribution in [0.3, 0.4) is 0 Å². The highest BCUT2D eigenvalue weighted by atomic mass is 35.5. The van der Waals surface area contributed by atoms with E-state index in [-0.39, 0.29) is 11.3 Å². The number of benzene rings is 2. The molecule has 0 aliphatic rings. The molecule has 0 fully saturated rings. The van der Waals surface area contributed by atoms with Crippen LogP contribution in [0.5, 0.6) is 11.5 Å². The van der Waals surface area contributed by atoms with E-state index in [2.05, 4.69) is 5.32 Å². The first kappa shape index (κ1) is 18.9. The van der Waals surface area contributed by atoms with Crippen molar-refractivity contribution in [3.8, 4) is 11.5 Å². The van der Waals surface area contributed by atoms with Crippen LogP contribution in [-0.4, -0.2) is 30.2 Å². The summed E-state index contributed by atoms with van der Waals surface area (Å²) in [5.74, 6) is -1.37. The van der Waals surface area contributed by atoms with Gasteiger partial charge in [0.2, 0.25) is 0 Å². The first-order valence-corrected chi connectivity index (χ1v) is 7.91. The molecular weight excluding hydrogens is 369 g/mol. The lowest BCUT2D eigenvalue weighted by molar-refractivity contribution is -0.123. The molecule has 0 saturated carbocycles. The molecule has 0 radical (unpaired) electrons. The topological polar surface area (TPSA) is 84.9 Å². The number of esters is 1. The van der Waals surface area contributed by atoms with Crippen LogP contribution in [0, 0.1) is 0 Å². The number of aromatic hydroxyl groups is 1. The van der Waals surface area contributed by atoms with E-state index in [0.717, 1.165) is 0 Å². The highest BCUT2D eigenvalue weighted by Crippen LogP contribution is 2.26. The number of carbonyl (C=O) groups is 2. The Labute approximate surface area is 154 Å². The molecule has 0 saturated heterocycles. The van der Waals surface area contributed by atoms with E-state index in [1.165, 1.54) is 44.4 Å². The minimum atomic E-state index is -1.12. The zero-order chi connectivity index (χ0) is 18.6. The van der Waals surface area contributed by atoms with E-state index >= 15 is 0 Å². The lowest BCUT2D eigenvalue weighted by Crippen LogP contribution is -2.30. The highest BCUT2D eigenvalue weighted by molar-refractivity contribution is 6.35. The lowest BCUT2D eigenvalue weighted by Gasteiger charge is -2.15. The van der Waals surface area contributed by atoms with Gasteiger partial charge in [-0.3, -0.25) is 4.79 Å². The molecule has 0 unspecified atom stereocenters. The number of ether oxygens (including phenoxy) is 2. The SMILES string of the molecule is COc1ccc(C(=O)O[C@H](C)C(=O)Nc2cc(Cl)ccc2Cl)c(O)c1. The Morgan fingerprint density at radius 3 is 2.52 bits per heavy atom. The van der Waals surface area contributed by atoms with Crippen molar-refractivity contribution in [1.82, 2.24) is 0 Å². The fourth-order valence-corrected chi connectivity index (χ4v) is 2.25. The van der Waals surface area contributed by atoms with Gasteiger partial charge in [0, 0.05) is 11.1 Å². The average Bonchev–Trinajstić information content (AvgIpc) is 2.57. The largest absolute Gasteiger partial charge is 0.507 e. The molecule has 2 aromatic carbocycles. The maximum atomic E-state index is 12.2. The summed E-state index contributed by atoms with van der Waals surface area (Å²) in [5, 5.41) is 13.0. The van der Waals surface area contributed by atoms with Gasteiger partial charge in [0.15, 0.2) is 6.10 Å². The van der Waals surface area contributed by atoms with Crippen molar-refractivity contribution < 1.29 is 24.2 Å². The van der Waals surface area contributed by atoms with Crippen molar-refractivity contribution in [2.24, 2.45) is 0 Å². The molecule has 0 spiro atoms. The Balaban J connectivity index is 2.05. The number of nitrogens with one attached hydrogen (secondary N) is 1. The molecule has 1 atom stereocenters. The molecule has 0 aliphatic carbocycles. The zero-order valence-electron chi connectivity index (χ0n) is 13.4. The minimum Gasteiger partial charge on any atom is -0.507 e. The number of rotatable bonds is 5. The van der Waals surface area contributed by atoms with Crippen LogP contribution in [0.1, 0.15) is 17.3 Å². The molecule has 0 heterocycles. The highest BCUT2D eigenvalue weighted by Gasteiger charge is 2.22. The predicted molar refractivity (Wildman–Crippen MR) is 94.6 cm³/mol. The first-order chi connectivity index (χ1) is 11.8. The molecule has 25 heavy (non-hydrogen) atoms. The summed E-state index contributed by atoms with van der Waals surface area (Å²) in [6.07, 6.45) is -1.12. The van der Waals surface area contributed by atoms with Crippen molar-refractivity contribution in [2.45, 2.75) is 13.0 Å². The van der Waals surface area contributed by atoms with E-state index in [1.54, 1.807) is 6.07 Å². The molecule has 2 rings (SSSR count). The molecule has 0 bridgehead atoms. The quantitative estimate of drug-likeness (QED) is 0.764. The van der Waals surface area contributed by atoms with Gasteiger partial charge in [-0.2, -0.15) is 0 Å². The van der Waals surface area contributed by atoms with Gasteiger partial charge < -0.3 is 19.9 Å². The van der Waals surface area contributed by atoms with Crippen LogP contribution in [0.4, 0.5) is 5.69 Å². The summed E-state index contributed by atoms with van der Waals surface area (Å²) >= 11 is 11.8. The number of phenols is 1. The summed E-state index contributed by atoms with van der Waals surface area (Å²) in [6, 6.07) is 8.70. The number of hydrogen-bond acceptors (Lipinski definition) is 5. The third-order valence-electron chi connectivity index (χ3n) is 3.26. The number of carbonyl (C=O) groups excluding carboxylic acids is 2. The molecule has 0 aliphatic heterocycles. The second-order valence-corrected chi connectivity index (χ2v) is 5.89. The van der Waals surface area contributed by atoms with Crippen molar-refractivity contribution >= 4 is 40.8 Å². The second-order valence-electron chi connectivity index (χ2n) is 5.04. The van der Waals surface area contributed by atoms with Crippen molar-refractivity contribution in [2.75, 3.05) is 12.4 Å². The van der Waals surface area contributed by atoms with E-state index in [0.29, 0.717) is 21.5 Å². The summed E-state index contributed by atoms with van der Waals surface area (Å²) in [7, 11) is 1.43. The summed E-state index contributed by atoms with van der Waals surface area (Å²) in [6.45, 7) is 1.40. The van der Waals surface area contributed by atoms with Crippen LogP contribution >= 0.6 is 23.2 Å². The van der Waals surface area contributed by atoms with Crippen LogP contribution in [0.25, 0.3) is 0 Å². The monoisotopic (exact) mass is 383 g/mol. The zero-order valence-corrected chi connectivity index (χ0v) is 14.9. The third-order valence-corrected chi connectivity index (χ3v) is 3.83. The van der Waals surface area contributed by atoms with Crippen molar-refractivity contribution in [3.63, 3.8) is 0 Å². The van der Waals surface area contributed by atoms with E-state index < -0.39 is 18.0 Å². The molecule has 8 heteroatoms. The van der Waals surface area contributed by atoms with Gasteiger partial charge in [0.1, 0.15) is 17.1 Å². The smallest absolute Gasteiger partial charge is 0.342 e. The van der Waals surface area contributed by atoms with E-state index in [1.807, 2.05) is 0 Å². The van der Waals surface area contributed by atoms with Gasteiger partial charge in [-0.15, -0.1) is 0 Å². The number of halogens is 2. The number of phenolic OH excluding ortho intramolecular Hbond substituents is 1. The predicted octanol–water partition coefficient (Wildman–Crippen LogP) is 3.89. The number of methoxy groups -OCH3 is 1. The van der Waals surface area contributed by atoms with Crippen LogP contribution in [0.2, 0.25) is 10.0 Å². The second kappa shape index (κ2) is 8.09. The fourth-order valence-electron chi connectivity index (χ4n) is 1.92. The van der Waals surface area contributed by atoms with Crippen molar-refractivity contribution in [1.29, 1.82) is 0 Å². The number of amides is 1. The molecule has 2 N–H and O–H groups in total. The van der Waals surface area contributed by atoms with Gasteiger partial charge in [0.05, 0.1) is 17.8 Å². The third kappa shape index (κ3) is 4.78.